The van der Waals surface area contributed by atoms with Gasteiger partial charge in [0.1, 0.15) is 11.5 Å². The van der Waals surface area contributed by atoms with Gasteiger partial charge < -0.3 is 34.4 Å². The van der Waals surface area contributed by atoms with Crippen LogP contribution in [0.25, 0.3) is 0 Å². The van der Waals surface area contributed by atoms with Crippen LogP contribution >= 0.6 is 0 Å². The molecule has 0 amide bonds. The van der Waals surface area contributed by atoms with E-state index in [1.54, 1.807) is 36.4 Å². The van der Waals surface area contributed by atoms with Gasteiger partial charge >= 0.3 is 24.1 Å². The van der Waals surface area contributed by atoms with E-state index in [0.717, 1.165) is 11.1 Å². The average molecular weight is 648 g/mol. The number of likely N-dealkylation sites (tertiary alicyclic amines) is 1. The number of ether oxygens (including phenoxy) is 3. The number of aliphatic carboxylic acids is 1. The summed E-state index contributed by atoms with van der Waals surface area (Å²) in [6, 6.07) is 11.8. The highest BCUT2D eigenvalue weighted by Crippen LogP contribution is 2.64. The van der Waals surface area contributed by atoms with E-state index in [0.29, 0.717) is 36.3 Å². The molecule has 11 nitrogen and oxygen atoms in total. The first-order valence-corrected chi connectivity index (χ1v) is 14.5. The van der Waals surface area contributed by atoms with Gasteiger partial charge in [-0.3, -0.25) is 14.4 Å². The highest BCUT2D eigenvalue weighted by Gasteiger charge is 2.71. The van der Waals surface area contributed by atoms with E-state index in [-0.39, 0.29) is 37.7 Å². The Morgan fingerprint density at radius 3 is 2.43 bits per heavy atom. The van der Waals surface area contributed by atoms with Gasteiger partial charge in [-0.2, -0.15) is 13.2 Å². The summed E-state index contributed by atoms with van der Waals surface area (Å²) in [7, 11) is 2.00. The highest BCUT2D eigenvalue weighted by atomic mass is 19.4. The predicted octanol–water partition coefficient (Wildman–Crippen LogP) is 2.90. The summed E-state index contributed by atoms with van der Waals surface area (Å²) in [6.07, 6.45) is -5.48. The molecule has 1 fully saturated rings. The zero-order chi connectivity index (χ0) is 33.4. The Morgan fingerprint density at radius 2 is 1.80 bits per heavy atom. The van der Waals surface area contributed by atoms with Crippen molar-refractivity contribution in [3.8, 4) is 5.75 Å². The van der Waals surface area contributed by atoms with Gasteiger partial charge in [-0.1, -0.05) is 42.5 Å². The van der Waals surface area contributed by atoms with Gasteiger partial charge in [0.05, 0.1) is 30.5 Å². The molecule has 0 saturated carbocycles. The van der Waals surface area contributed by atoms with Crippen LogP contribution in [-0.2, 0) is 47.1 Å². The lowest BCUT2D eigenvalue weighted by Crippen LogP contribution is -2.74. The van der Waals surface area contributed by atoms with Crippen LogP contribution < -0.4 is 4.74 Å². The fourth-order valence-corrected chi connectivity index (χ4v) is 7.10. The van der Waals surface area contributed by atoms with Crippen LogP contribution in [0.2, 0.25) is 0 Å². The van der Waals surface area contributed by atoms with Crippen molar-refractivity contribution in [3.05, 3.63) is 76.6 Å². The average Bonchev–Trinajstić information content (AvgIpc) is 3.38. The Morgan fingerprint density at radius 1 is 1.13 bits per heavy atom. The Kier molecular flexibility index (Phi) is 8.99. The Bertz CT molecular complexity index is 1560. The number of nitrogens with zero attached hydrogens (tertiary/aromatic N) is 1. The van der Waals surface area contributed by atoms with Gasteiger partial charge in [0.15, 0.2) is 6.10 Å². The number of carbonyl (C=O) groups is 4. The maximum Gasteiger partial charge on any atom is 0.446 e. The lowest BCUT2D eigenvalue weighted by Gasteiger charge is -2.61. The first kappa shape index (κ1) is 33.1. The second-order valence-electron chi connectivity index (χ2n) is 11.7. The Hall–Kier alpha value is -4.27. The number of likely N-dealkylation sites (N-methyl/N-ethyl adjacent to an activating group) is 1. The number of piperidine rings is 1. The van der Waals surface area contributed by atoms with Crippen LogP contribution in [0.3, 0.4) is 0 Å². The van der Waals surface area contributed by atoms with Crippen LogP contribution in [-0.4, -0.2) is 81.9 Å². The largest absolute Gasteiger partial charge is 0.481 e. The third-order valence-electron chi connectivity index (χ3n) is 9.10. The van der Waals surface area contributed by atoms with Crippen molar-refractivity contribution in [2.24, 2.45) is 0 Å². The molecular formula is C32H32F3NO10. The molecule has 0 aromatic heterocycles. The van der Waals surface area contributed by atoms with Crippen LogP contribution in [0.1, 0.15) is 54.0 Å². The number of alkyl halides is 3. The minimum Gasteiger partial charge on any atom is -0.481 e. The standard InChI is InChI=1S/C30H31NO9.C2HF3O/c1-31-14-13-29-24-18-7-8-19(16-32)25(24)40-27(29)20(11-12-30(29,37)21(31)15-18)38-22(33)9-10-23(34)39-26(28(35)36)17-5-3-2-4-6-17;3-2(4,5)1-6/h2-8,11,21,26-27,32,37H,9-10,12-16H2,1H3,(H,35,36);1H/t21-,26+,27+,29+,30-;/m1./s1. The van der Waals surface area contributed by atoms with Gasteiger partial charge in [-0.25, -0.2) is 4.79 Å². The Labute approximate surface area is 261 Å². The topological polar surface area (TPSA) is 160 Å². The van der Waals surface area contributed by atoms with Crippen LogP contribution in [0.4, 0.5) is 13.2 Å². The summed E-state index contributed by atoms with van der Waals surface area (Å²) in [5, 5.41) is 31.7. The highest BCUT2D eigenvalue weighted by molar-refractivity contribution is 5.82. The monoisotopic (exact) mass is 647 g/mol. The van der Waals surface area contributed by atoms with Crippen molar-refractivity contribution < 1.29 is 61.9 Å². The number of carbonyl (C=O) groups excluding carboxylic acids is 3. The maximum absolute atomic E-state index is 12.9. The van der Waals surface area contributed by atoms with E-state index in [1.807, 2.05) is 19.2 Å². The minimum atomic E-state index is -4.64. The summed E-state index contributed by atoms with van der Waals surface area (Å²) < 4.78 is 48.6. The number of rotatable bonds is 8. The molecule has 246 valence electrons. The van der Waals surface area contributed by atoms with Crippen molar-refractivity contribution in [1.82, 2.24) is 4.90 Å². The number of carboxylic acids is 1. The van der Waals surface area contributed by atoms with Crippen molar-refractivity contribution in [3.63, 3.8) is 0 Å². The molecule has 2 heterocycles. The van der Waals surface area contributed by atoms with E-state index in [9.17, 15) is 42.9 Å². The molecule has 14 heteroatoms. The number of hydrogen-bond donors (Lipinski definition) is 3. The molecule has 2 bridgehead atoms. The summed E-state index contributed by atoms with van der Waals surface area (Å²) >= 11 is 0. The molecule has 2 aromatic rings. The number of carboxylic acid groups (broad SMARTS) is 1. The van der Waals surface area contributed by atoms with Crippen LogP contribution in [0.15, 0.2) is 54.3 Å². The molecule has 5 atom stereocenters. The molecular weight excluding hydrogens is 615 g/mol. The Balaban J connectivity index is 0.000000635. The molecule has 0 unspecified atom stereocenters. The zero-order valence-electron chi connectivity index (χ0n) is 24.7. The fraction of sp³-hybridized carbons (Fsp3) is 0.438. The van der Waals surface area contributed by atoms with Crippen molar-refractivity contribution >= 4 is 24.2 Å². The third kappa shape index (κ3) is 5.76. The molecule has 1 saturated heterocycles. The lowest BCUT2D eigenvalue weighted by molar-refractivity contribution is -0.170. The quantitative estimate of drug-likeness (QED) is 0.286. The molecule has 1 spiro atoms. The van der Waals surface area contributed by atoms with Crippen molar-refractivity contribution in [2.75, 3.05) is 13.6 Å². The maximum atomic E-state index is 12.9. The van der Waals surface area contributed by atoms with Gasteiger partial charge in [0.25, 0.3) is 0 Å². The van der Waals surface area contributed by atoms with E-state index < -0.39 is 53.6 Å². The molecule has 6 rings (SSSR count). The number of halogens is 3. The summed E-state index contributed by atoms with van der Waals surface area (Å²) in [5.41, 5.74) is 0.876. The van der Waals surface area contributed by atoms with Crippen LogP contribution in [0.5, 0.6) is 5.75 Å². The molecule has 2 aromatic carbocycles. The molecule has 46 heavy (non-hydrogen) atoms. The first-order valence-electron chi connectivity index (χ1n) is 14.5. The zero-order valence-corrected chi connectivity index (χ0v) is 24.7. The van der Waals surface area contributed by atoms with Gasteiger partial charge in [0.2, 0.25) is 12.4 Å². The van der Waals surface area contributed by atoms with E-state index >= 15 is 0 Å². The number of aliphatic hydroxyl groups is 2. The minimum absolute atomic E-state index is 0.152. The summed E-state index contributed by atoms with van der Waals surface area (Å²) in [5.74, 6) is -2.04. The van der Waals surface area contributed by atoms with Gasteiger partial charge in [0, 0.05) is 29.2 Å². The smallest absolute Gasteiger partial charge is 0.446 e. The summed E-state index contributed by atoms with van der Waals surface area (Å²) in [4.78, 5) is 47.8. The van der Waals surface area contributed by atoms with Gasteiger partial charge in [-0.05, 0) is 38.1 Å². The molecule has 2 aliphatic heterocycles. The number of benzene rings is 2. The predicted molar refractivity (Wildman–Crippen MR) is 151 cm³/mol. The second-order valence-corrected chi connectivity index (χ2v) is 11.7. The number of hydrogen-bond acceptors (Lipinski definition) is 10. The summed E-state index contributed by atoms with van der Waals surface area (Å²) in [6.45, 7) is 0.489. The lowest BCUT2D eigenvalue weighted by atomic mass is 9.50. The molecule has 4 aliphatic rings. The van der Waals surface area contributed by atoms with Gasteiger partial charge in [-0.15, -0.1) is 0 Å². The fourth-order valence-electron chi connectivity index (χ4n) is 7.10. The molecule has 0 radical (unpaired) electrons. The van der Waals surface area contributed by atoms with Crippen LogP contribution in [0, 0.1) is 0 Å². The number of esters is 2. The number of aldehydes is 1. The van der Waals surface area contributed by atoms with E-state index in [1.165, 1.54) is 0 Å². The van der Waals surface area contributed by atoms with Crippen molar-refractivity contribution in [2.45, 2.75) is 74.2 Å². The SMILES string of the molecule is CN1CC[C@]23c4c5ccc(CO)c4O[C@H]2C(OC(=O)CCC(=O)O[C@H](C(=O)O)c2ccccc2)=CC[C@@]3(O)[C@H]1C5.O=CC(F)(F)F. The van der Waals surface area contributed by atoms with E-state index in [4.69, 9.17) is 19.0 Å². The van der Waals surface area contributed by atoms with E-state index in [2.05, 4.69) is 4.90 Å². The molecule has 2 aliphatic carbocycles. The number of aliphatic hydroxyl groups excluding tert-OH is 1. The second kappa shape index (κ2) is 12.5. The van der Waals surface area contributed by atoms with Crippen molar-refractivity contribution in [1.29, 1.82) is 0 Å². The normalized spacial score (nSPS) is 26.3. The third-order valence-corrected chi connectivity index (χ3v) is 9.10. The first-order chi connectivity index (χ1) is 21.8. The molecule has 3 N–H and O–H groups in total.